The summed E-state index contributed by atoms with van der Waals surface area (Å²) >= 11 is 0. The molecule has 2 aliphatic heterocycles. The summed E-state index contributed by atoms with van der Waals surface area (Å²) in [6.45, 7) is 2.84. The zero-order valence-corrected chi connectivity index (χ0v) is 44.8. The highest BCUT2D eigenvalue weighted by Gasteiger charge is 2.88. The van der Waals surface area contributed by atoms with Gasteiger partial charge in [0.15, 0.2) is 0 Å². The lowest BCUT2D eigenvalue weighted by molar-refractivity contribution is -0.395. The van der Waals surface area contributed by atoms with Gasteiger partial charge in [0.1, 0.15) is 23.6 Å². The van der Waals surface area contributed by atoms with Gasteiger partial charge in [0, 0.05) is 77.5 Å². The minimum Gasteiger partial charge on any atom is -0.454 e. The molecule has 10 heteroatoms. The molecule has 11 aliphatic carbocycles. The molecule has 8 saturated carbocycles. The van der Waals surface area contributed by atoms with Crippen LogP contribution < -0.4 is 5.32 Å². The number of benzene rings is 2. The van der Waals surface area contributed by atoms with Gasteiger partial charge in [-0.05, 0) is 166 Å². The first-order chi connectivity index (χ1) is 36.8. The van der Waals surface area contributed by atoms with Crippen LogP contribution in [0.4, 0.5) is 0 Å². The molecule has 2 heterocycles. The van der Waals surface area contributed by atoms with Gasteiger partial charge in [-0.3, -0.25) is 0 Å². The Hall–Kier alpha value is -3.84. The summed E-state index contributed by atoms with van der Waals surface area (Å²) in [6, 6.07) is 16.4. The highest BCUT2D eigenvalue weighted by atomic mass is 16.5. The second-order valence-electron chi connectivity index (χ2n) is 27.5. The molecule has 0 unspecified atom stereocenters. The molecular weight excluding hydrogens is 951 g/mol. The van der Waals surface area contributed by atoms with E-state index in [-0.39, 0.29) is 54.8 Å². The first kappa shape index (κ1) is 50.4. The Kier molecular flexibility index (Phi) is 12.0. The van der Waals surface area contributed by atoms with Crippen molar-refractivity contribution in [3.63, 3.8) is 0 Å². The average Bonchev–Trinajstić information content (AvgIpc) is 2.20. The van der Waals surface area contributed by atoms with E-state index in [1.807, 2.05) is 25.2 Å². The lowest BCUT2D eigenvalue weighted by Gasteiger charge is -2.76. The van der Waals surface area contributed by atoms with Crippen LogP contribution in [0.3, 0.4) is 0 Å². The maximum absolute atomic E-state index is 15.6. The van der Waals surface area contributed by atoms with Crippen LogP contribution in [0.25, 0.3) is 0 Å². The first-order valence-corrected chi connectivity index (χ1v) is 30.0. The molecule has 9 fully saturated rings. The Bertz CT molecular complexity index is 2820. The van der Waals surface area contributed by atoms with Gasteiger partial charge >= 0.3 is 5.97 Å². The van der Waals surface area contributed by atoms with E-state index in [0.717, 1.165) is 73.5 Å². The number of likely N-dealkylation sites (N-methyl/N-ethyl adjacent to an activating group) is 1. The molecule has 1 saturated heterocycles. The SMILES string of the molecule is CN[C@@H]1Cc2c(cccc2CO)C#CCC[C@]23C[C@H]4C#CC[C@@H](Cc5ccccc5)[C@H]5C[C@@H]6CCO[C@@H]7[C@H]8CC[C@H]([C@@H](C)C9CCCC9)C[C@H]9[C@@H](O)[C@](O)([C@H]4[C@@](C=O)(C[C@@]67C5)[C@@]89O)[C@@]2(O)C[C@@H]2C[C@H]1[C@H]1OC(=O)C=C1[C@@H]23. The van der Waals surface area contributed by atoms with Crippen molar-refractivity contribution in [2.45, 2.75) is 177 Å². The smallest absolute Gasteiger partial charge is 0.331 e. The summed E-state index contributed by atoms with van der Waals surface area (Å²) in [5, 5.41) is 73.6. The summed E-state index contributed by atoms with van der Waals surface area (Å²) in [5.41, 5.74) is -4.56. The molecule has 15 rings (SSSR count). The number of aliphatic hydroxyl groups is 5. The quantitative estimate of drug-likeness (QED) is 0.0922. The number of hydrogen-bond donors (Lipinski definition) is 6. The molecule has 2 aromatic rings. The van der Waals surface area contributed by atoms with Crippen LogP contribution in [0, 0.1) is 117 Å². The summed E-state index contributed by atoms with van der Waals surface area (Å²) in [5.74, 6) is 11.9. The number of carbonyl (C=O) groups excluding carboxylic acids is 2. The Morgan fingerprint density at radius 2 is 1.72 bits per heavy atom. The number of rotatable bonds is 7. The number of carbonyl (C=O) groups is 2. The van der Waals surface area contributed by atoms with E-state index in [4.69, 9.17) is 9.47 Å². The summed E-state index contributed by atoms with van der Waals surface area (Å²) in [4.78, 5) is 29.6. The number of hydrogen-bond acceptors (Lipinski definition) is 10. The molecule has 2 aromatic carbocycles. The second kappa shape index (κ2) is 18.1. The van der Waals surface area contributed by atoms with Crippen LogP contribution in [0.2, 0.25) is 0 Å². The molecule has 2 spiro atoms. The Morgan fingerprint density at radius 1 is 0.895 bits per heavy atom. The number of nitrogens with one attached hydrogen (secondary N) is 1. The fourth-order valence-electron chi connectivity index (χ4n) is 22.4. The van der Waals surface area contributed by atoms with Crippen LogP contribution in [0.1, 0.15) is 138 Å². The summed E-state index contributed by atoms with van der Waals surface area (Å²) < 4.78 is 13.7. The predicted molar refractivity (Wildman–Crippen MR) is 285 cm³/mol. The Balaban J connectivity index is 1.01. The first-order valence-electron chi connectivity index (χ1n) is 30.0. The average molecular weight is 1030 g/mol. The maximum atomic E-state index is 15.6. The summed E-state index contributed by atoms with van der Waals surface area (Å²) in [7, 11) is 1.93. The Labute approximate surface area is 450 Å². The lowest BCUT2D eigenvalue weighted by Crippen LogP contribution is -2.88. The predicted octanol–water partition coefficient (Wildman–Crippen LogP) is 7.67. The van der Waals surface area contributed by atoms with Crippen molar-refractivity contribution < 1.29 is 44.6 Å². The van der Waals surface area contributed by atoms with Crippen molar-refractivity contribution in [1.82, 2.24) is 5.32 Å². The van der Waals surface area contributed by atoms with Gasteiger partial charge in [-0.15, -0.1) is 5.92 Å². The van der Waals surface area contributed by atoms with Crippen molar-refractivity contribution >= 4 is 12.3 Å². The molecular formula is C66H81NO9. The largest absolute Gasteiger partial charge is 0.454 e. The van der Waals surface area contributed by atoms with E-state index in [2.05, 4.69) is 66.3 Å². The zero-order chi connectivity index (χ0) is 52.1. The van der Waals surface area contributed by atoms with Gasteiger partial charge < -0.3 is 45.1 Å². The molecule has 10 nitrogen and oxygen atoms in total. The van der Waals surface area contributed by atoms with Crippen LogP contribution in [-0.4, -0.2) is 92.6 Å². The lowest BCUT2D eigenvalue weighted by atomic mass is 9.31. The van der Waals surface area contributed by atoms with Crippen LogP contribution in [-0.2, 0) is 38.5 Å². The Morgan fingerprint density at radius 3 is 2.51 bits per heavy atom. The number of fused-ring (bicyclic) bond motifs is 6. The number of ether oxygens (including phenoxy) is 2. The third-order valence-corrected chi connectivity index (χ3v) is 25.2. The van der Waals surface area contributed by atoms with Crippen LogP contribution in [0.15, 0.2) is 60.2 Å². The number of aldehydes is 1. The topological polar surface area (TPSA) is 166 Å². The van der Waals surface area contributed by atoms with E-state index in [0.29, 0.717) is 82.1 Å². The monoisotopic (exact) mass is 1030 g/mol. The van der Waals surface area contributed by atoms with E-state index >= 15 is 15.0 Å². The minimum absolute atomic E-state index is 0.120. The molecule has 6 N–H and O–H groups in total. The number of aliphatic hydroxyl groups excluding tert-OH is 2. The molecule has 13 aliphatic rings. The number of esters is 1. The van der Waals surface area contributed by atoms with E-state index < -0.39 is 80.8 Å². The molecule has 0 aromatic heterocycles. The van der Waals surface area contributed by atoms with Crippen molar-refractivity contribution in [1.29, 1.82) is 0 Å². The van der Waals surface area contributed by atoms with Crippen molar-refractivity contribution in [2.24, 2.45) is 93.2 Å². The highest BCUT2D eigenvalue weighted by molar-refractivity contribution is 5.86. The highest BCUT2D eigenvalue weighted by Crippen LogP contribution is 2.81. The zero-order valence-electron chi connectivity index (χ0n) is 44.8. The fourth-order valence-corrected chi connectivity index (χ4v) is 22.4. The normalized spacial score (nSPS) is 48.7. The maximum Gasteiger partial charge on any atom is 0.331 e. The van der Waals surface area contributed by atoms with Crippen LogP contribution in [0.5, 0.6) is 0 Å². The third-order valence-electron chi connectivity index (χ3n) is 25.2. The van der Waals surface area contributed by atoms with Gasteiger partial charge in [-0.2, -0.15) is 0 Å². The van der Waals surface area contributed by atoms with Gasteiger partial charge in [-0.25, -0.2) is 4.79 Å². The fraction of sp³-hybridized carbons (Fsp3) is 0.697. The van der Waals surface area contributed by atoms with Gasteiger partial charge in [0.25, 0.3) is 0 Å². The summed E-state index contributed by atoms with van der Waals surface area (Å²) in [6.07, 6.45) is 13.7. The van der Waals surface area contributed by atoms with Gasteiger partial charge in [0.05, 0.1) is 29.8 Å². The van der Waals surface area contributed by atoms with Crippen LogP contribution >= 0.6 is 0 Å². The van der Waals surface area contributed by atoms with Gasteiger partial charge in [-0.1, -0.05) is 92.8 Å². The second-order valence-corrected chi connectivity index (χ2v) is 27.5. The van der Waals surface area contributed by atoms with E-state index in [1.165, 1.54) is 18.4 Å². The third kappa shape index (κ3) is 6.62. The minimum atomic E-state index is -2.30. The van der Waals surface area contributed by atoms with E-state index in [1.54, 1.807) is 6.08 Å². The molecule has 404 valence electrons. The molecule has 76 heavy (non-hydrogen) atoms. The van der Waals surface area contributed by atoms with E-state index in [9.17, 15) is 20.1 Å². The molecule has 22 atom stereocenters. The molecule has 7 bridgehead atoms. The van der Waals surface area contributed by atoms with Crippen molar-refractivity contribution in [3.8, 4) is 23.7 Å². The van der Waals surface area contributed by atoms with Crippen molar-refractivity contribution in [3.05, 3.63) is 82.4 Å². The van der Waals surface area contributed by atoms with Gasteiger partial charge in [0.2, 0.25) is 0 Å². The molecule has 0 radical (unpaired) electrons. The van der Waals surface area contributed by atoms with Crippen molar-refractivity contribution in [2.75, 3.05) is 13.7 Å². The standard InChI is InChI=1S/C66H81NO9/c1-38(40-14-6-7-15-40)42-21-22-52-60-61-32-46(27-48(61)23-25-75-60)43(26-39-12-4-3-5-13-39)18-11-19-44-33-62-24-9-8-16-41-17-10-20-45(35-68)49(41)30-54(67-2)50-28-47(56(62)51-31-55(70)76-57(50)51)34-64(62,72)66(74)58(44)63(36-61,37-69)65(52,73)53(29-42)59(66)71/h3-5,10,12-13,17,20,31,37-38,40,42-44,46-48,50,52-54,56-60,67-68,71-74H,6-7,9,14-15,18,21-30,32-36H2,1-2H3/t38-,42-,43-,44+,46-,47-,48-,50+,52+,53-,54+,56+,57+,58+,59+,60+,61-,62+,63-,64+,65+,66+/m0/s1. The molecule has 0 amide bonds.